The molecule has 6 nitrogen and oxygen atoms in total. The van der Waals surface area contributed by atoms with E-state index in [4.69, 9.17) is 16.3 Å². The van der Waals surface area contributed by atoms with Crippen LogP contribution in [0.2, 0.25) is 5.02 Å². The SMILES string of the molecule is CC1Cc2cc(S(=O)(=O)NC(=O)/C=C/c3cncc(F)c3)cc(Cl)c2O1. The van der Waals surface area contributed by atoms with Gasteiger partial charge in [0.05, 0.1) is 16.1 Å². The van der Waals surface area contributed by atoms with Crippen LogP contribution < -0.4 is 9.46 Å². The number of pyridine rings is 1. The molecule has 1 aliphatic rings. The Hall–Kier alpha value is -2.45. The summed E-state index contributed by atoms with van der Waals surface area (Å²) < 4.78 is 45.3. The summed E-state index contributed by atoms with van der Waals surface area (Å²) in [6.45, 7) is 1.85. The minimum atomic E-state index is -4.11. The van der Waals surface area contributed by atoms with Gasteiger partial charge in [-0.2, -0.15) is 0 Å². The summed E-state index contributed by atoms with van der Waals surface area (Å²) in [5, 5.41) is 0.168. The lowest BCUT2D eigenvalue weighted by molar-refractivity contribution is -0.114. The van der Waals surface area contributed by atoms with Crippen LogP contribution in [0.1, 0.15) is 18.1 Å². The molecule has 2 aromatic rings. The Morgan fingerprint density at radius 3 is 2.88 bits per heavy atom. The molecule has 1 aliphatic heterocycles. The number of aromatic nitrogens is 1. The van der Waals surface area contributed by atoms with Gasteiger partial charge in [0.2, 0.25) is 0 Å². The van der Waals surface area contributed by atoms with Crippen LogP contribution in [0.15, 0.2) is 41.6 Å². The summed E-state index contributed by atoms with van der Waals surface area (Å²) in [5.41, 5.74) is 0.989. The van der Waals surface area contributed by atoms with E-state index in [1.165, 1.54) is 24.4 Å². The minimum absolute atomic E-state index is 0.0992. The number of carbonyl (C=O) groups is 1. The number of carbonyl (C=O) groups excluding carboxylic acids is 1. The van der Waals surface area contributed by atoms with Gasteiger partial charge in [-0.15, -0.1) is 0 Å². The van der Waals surface area contributed by atoms with Crippen molar-refractivity contribution in [3.63, 3.8) is 0 Å². The molecule has 1 unspecified atom stereocenters. The predicted octanol–water partition coefficient (Wildman–Crippen LogP) is 2.72. The van der Waals surface area contributed by atoms with Crippen molar-refractivity contribution in [2.75, 3.05) is 0 Å². The minimum Gasteiger partial charge on any atom is -0.489 e. The van der Waals surface area contributed by atoms with E-state index in [1.54, 1.807) is 0 Å². The van der Waals surface area contributed by atoms with E-state index in [9.17, 15) is 17.6 Å². The third-order valence-corrected chi connectivity index (χ3v) is 5.23. The molecule has 0 saturated carbocycles. The molecule has 1 aromatic heterocycles. The summed E-state index contributed by atoms with van der Waals surface area (Å²) in [5.74, 6) is -0.983. The normalized spacial score (nSPS) is 16.3. The number of nitrogens with one attached hydrogen (secondary N) is 1. The van der Waals surface area contributed by atoms with Gasteiger partial charge in [-0.1, -0.05) is 11.6 Å². The highest BCUT2D eigenvalue weighted by Gasteiger charge is 2.26. The molecule has 0 fully saturated rings. The first-order valence-corrected chi connectivity index (χ1v) is 9.45. The molecule has 1 N–H and O–H groups in total. The maximum Gasteiger partial charge on any atom is 0.264 e. The van der Waals surface area contributed by atoms with Crippen molar-refractivity contribution in [1.82, 2.24) is 9.71 Å². The van der Waals surface area contributed by atoms with E-state index in [1.807, 2.05) is 11.6 Å². The van der Waals surface area contributed by atoms with Crippen LogP contribution >= 0.6 is 11.6 Å². The molecular weight excluding hydrogens is 383 g/mol. The van der Waals surface area contributed by atoms with E-state index in [2.05, 4.69) is 4.98 Å². The average molecular weight is 397 g/mol. The van der Waals surface area contributed by atoms with Gasteiger partial charge in [0.15, 0.2) is 0 Å². The largest absolute Gasteiger partial charge is 0.489 e. The zero-order valence-corrected chi connectivity index (χ0v) is 15.1. The molecule has 0 radical (unpaired) electrons. The Morgan fingerprint density at radius 2 is 2.15 bits per heavy atom. The molecule has 3 rings (SSSR count). The fraction of sp³-hybridized carbons (Fsp3) is 0.176. The Labute approximate surface area is 154 Å². The summed E-state index contributed by atoms with van der Waals surface area (Å²) >= 11 is 6.08. The summed E-state index contributed by atoms with van der Waals surface area (Å²) in [4.78, 5) is 15.4. The van der Waals surface area contributed by atoms with E-state index in [-0.39, 0.29) is 16.0 Å². The standard InChI is InChI=1S/C17H14ClFN2O4S/c1-10-4-12-6-14(7-15(18)17(12)25-10)26(23,24)21-16(22)3-2-11-5-13(19)9-20-8-11/h2-3,5-10H,4H2,1H3,(H,21,22)/b3-2+. The Balaban J connectivity index is 1.78. The monoisotopic (exact) mass is 396 g/mol. The highest BCUT2D eigenvalue weighted by molar-refractivity contribution is 7.90. The predicted molar refractivity (Wildman–Crippen MR) is 93.8 cm³/mol. The Kier molecular flexibility index (Phi) is 4.97. The molecule has 0 aliphatic carbocycles. The zero-order valence-electron chi connectivity index (χ0n) is 13.6. The van der Waals surface area contributed by atoms with Crippen LogP contribution in [-0.4, -0.2) is 25.4 Å². The van der Waals surface area contributed by atoms with Crippen LogP contribution in [-0.2, 0) is 21.2 Å². The van der Waals surface area contributed by atoms with Gasteiger partial charge in [-0.25, -0.2) is 17.5 Å². The second-order valence-electron chi connectivity index (χ2n) is 5.77. The van der Waals surface area contributed by atoms with Crippen molar-refractivity contribution < 1.29 is 22.3 Å². The molecule has 0 saturated heterocycles. The highest BCUT2D eigenvalue weighted by atomic mass is 35.5. The van der Waals surface area contributed by atoms with Crippen LogP contribution in [0.5, 0.6) is 5.75 Å². The zero-order chi connectivity index (χ0) is 18.9. The lowest BCUT2D eigenvalue weighted by Crippen LogP contribution is -2.29. The van der Waals surface area contributed by atoms with E-state index in [0.717, 1.165) is 18.3 Å². The van der Waals surface area contributed by atoms with Gasteiger partial charge in [-0.3, -0.25) is 9.78 Å². The first-order chi connectivity index (χ1) is 12.2. The number of fused-ring (bicyclic) bond motifs is 1. The second-order valence-corrected chi connectivity index (χ2v) is 7.86. The second kappa shape index (κ2) is 7.05. The summed E-state index contributed by atoms with van der Waals surface area (Å²) in [6.07, 6.45) is 5.02. The maximum atomic E-state index is 13.0. The first-order valence-electron chi connectivity index (χ1n) is 7.59. The molecule has 26 heavy (non-hydrogen) atoms. The molecule has 0 bridgehead atoms. The maximum absolute atomic E-state index is 13.0. The van der Waals surface area contributed by atoms with E-state index >= 15 is 0 Å². The number of ether oxygens (including phenoxy) is 1. The lowest BCUT2D eigenvalue weighted by Gasteiger charge is -2.08. The highest BCUT2D eigenvalue weighted by Crippen LogP contribution is 2.37. The van der Waals surface area contributed by atoms with Crippen molar-refractivity contribution in [1.29, 1.82) is 0 Å². The van der Waals surface area contributed by atoms with Crippen molar-refractivity contribution in [2.24, 2.45) is 0 Å². The number of hydrogen-bond donors (Lipinski definition) is 1. The molecule has 0 spiro atoms. The molecule has 9 heteroatoms. The van der Waals surface area contributed by atoms with Crippen molar-refractivity contribution in [3.05, 3.63) is 58.6 Å². The number of rotatable bonds is 4. The first kappa shape index (κ1) is 18.3. The Bertz CT molecular complexity index is 1010. The molecule has 1 amide bonds. The smallest absolute Gasteiger partial charge is 0.264 e. The van der Waals surface area contributed by atoms with Crippen molar-refractivity contribution in [2.45, 2.75) is 24.3 Å². The number of nitrogens with zero attached hydrogens (tertiary/aromatic N) is 1. The topological polar surface area (TPSA) is 85.4 Å². The third-order valence-electron chi connectivity index (χ3n) is 3.62. The average Bonchev–Trinajstić information content (AvgIpc) is 2.94. The molecule has 2 heterocycles. The molecule has 1 atom stereocenters. The van der Waals surface area contributed by atoms with Crippen LogP contribution in [0.25, 0.3) is 6.08 Å². The quantitative estimate of drug-likeness (QED) is 0.803. The van der Waals surface area contributed by atoms with Gasteiger partial charge in [0.1, 0.15) is 17.7 Å². The van der Waals surface area contributed by atoms with E-state index in [0.29, 0.717) is 23.3 Å². The van der Waals surface area contributed by atoms with Crippen molar-refractivity contribution >= 4 is 33.6 Å². The number of sulfonamides is 1. The van der Waals surface area contributed by atoms with E-state index < -0.39 is 21.7 Å². The number of hydrogen-bond acceptors (Lipinski definition) is 5. The van der Waals surface area contributed by atoms with Gasteiger partial charge < -0.3 is 4.74 Å². The molecular formula is C17H14ClFN2O4S. The molecule has 136 valence electrons. The number of halogens is 2. The fourth-order valence-corrected chi connectivity index (χ4v) is 3.90. The van der Waals surface area contributed by atoms with Crippen LogP contribution in [0.3, 0.4) is 0 Å². The van der Waals surface area contributed by atoms with Gasteiger partial charge >= 0.3 is 0 Å². The number of amides is 1. The lowest BCUT2D eigenvalue weighted by atomic mass is 10.1. The summed E-state index contributed by atoms with van der Waals surface area (Å²) in [6, 6.07) is 3.82. The number of benzene rings is 1. The Morgan fingerprint density at radius 1 is 1.38 bits per heavy atom. The summed E-state index contributed by atoms with van der Waals surface area (Å²) in [7, 11) is -4.11. The van der Waals surface area contributed by atoms with Crippen LogP contribution in [0, 0.1) is 5.82 Å². The van der Waals surface area contributed by atoms with Gasteiger partial charge in [0.25, 0.3) is 15.9 Å². The van der Waals surface area contributed by atoms with Gasteiger partial charge in [0, 0.05) is 24.3 Å². The van der Waals surface area contributed by atoms with Gasteiger partial charge in [-0.05, 0) is 36.8 Å². The van der Waals surface area contributed by atoms with Crippen LogP contribution in [0.4, 0.5) is 4.39 Å². The fourth-order valence-electron chi connectivity index (χ4n) is 2.53. The van der Waals surface area contributed by atoms with Crippen molar-refractivity contribution in [3.8, 4) is 5.75 Å². The molecule has 1 aromatic carbocycles. The third kappa shape index (κ3) is 4.03.